The molecule has 0 bridgehead atoms. The Labute approximate surface area is 90.6 Å². The highest BCUT2D eigenvalue weighted by molar-refractivity contribution is 9.10. The first kappa shape index (κ1) is 11.1. The Kier molecular flexibility index (Phi) is 3.23. The van der Waals surface area contributed by atoms with Gasteiger partial charge in [-0.05, 0) is 19.1 Å². The summed E-state index contributed by atoms with van der Waals surface area (Å²) in [6.07, 6.45) is 1.58. The van der Waals surface area contributed by atoms with Crippen molar-refractivity contribution in [3.8, 4) is 0 Å². The maximum absolute atomic E-state index is 11.3. The number of ether oxygens (including phenoxy) is 1. The number of rotatable bonds is 2. The van der Waals surface area contributed by atoms with Crippen molar-refractivity contribution in [3.63, 3.8) is 0 Å². The molecule has 0 saturated heterocycles. The molecule has 0 radical (unpaired) electrons. The third kappa shape index (κ3) is 2.10. The molecular weight excluding hydrogens is 248 g/mol. The van der Waals surface area contributed by atoms with Crippen LogP contribution in [0.4, 0.5) is 0 Å². The van der Waals surface area contributed by atoms with Gasteiger partial charge < -0.3 is 10.5 Å². The van der Waals surface area contributed by atoms with E-state index in [0.29, 0.717) is 5.69 Å². The number of hydrogen-bond acceptors (Lipinski definition) is 4. The van der Waals surface area contributed by atoms with Gasteiger partial charge in [0.2, 0.25) is 0 Å². The Balaban J connectivity index is 3.09. The van der Waals surface area contributed by atoms with Crippen LogP contribution in [0.1, 0.15) is 12.6 Å². The summed E-state index contributed by atoms with van der Waals surface area (Å²) in [7, 11) is 1.30. The van der Waals surface area contributed by atoms with E-state index in [0.717, 1.165) is 4.47 Å². The zero-order valence-corrected chi connectivity index (χ0v) is 9.54. The quantitative estimate of drug-likeness (QED) is 0.810. The summed E-state index contributed by atoms with van der Waals surface area (Å²) in [4.78, 5) is 15.4. The molecule has 0 amide bonds. The van der Waals surface area contributed by atoms with Crippen molar-refractivity contribution < 1.29 is 9.53 Å². The highest BCUT2D eigenvalue weighted by atomic mass is 79.9. The first-order valence-corrected chi connectivity index (χ1v) is 4.77. The average molecular weight is 259 g/mol. The van der Waals surface area contributed by atoms with Crippen LogP contribution in [0.3, 0.4) is 0 Å². The third-order valence-electron chi connectivity index (χ3n) is 1.86. The molecule has 76 valence electrons. The lowest BCUT2D eigenvalue weighted by Crippen LogP contribution is -2.43. The minimum absolute atomic E-state index is 0.471. The van der Waals surface area contributed by atoms with Gasteiger partial charge in [0.05, 0.1) is 12.8 Å². The highest BCUT2D eigenvalue weighted by Crippen LogP contribution is 2.20. The largest absolute Gasteiger partial charge is 0.467 e. The summed E-state index contributed by atoms with van der Waals surface area (Å²) in [6.45, 7) is 1.56. The van der Waals surface area contributed by atoms with Crippen molar-refractivity contribution >= 4 is 21.9 Å². The van der Waals surface area contributed by atoms with E-state index in [1.165, 1.54) is 7.11 Å². The number of halogens is 1. The van der Waals surface area contributed by atoms with Crippen molar-refractivity contribution in [2.75, 3.05) is 7.11 Å². The van der Waals surface area contributed by atoms with Crippen LogP contribution in [0.15, 0.2) is 22.8 Å². The SMILES string of the molecule is COC(=O)C(C)(N)c1cc(Br)ccn1. The Bertz CT molecular complexity index is 352. The summed E-state index contributed by atoms with van der Waals surface area (Å²) in [5, 5.41) is 0. The highest BCUT2D eigenvalue weighted by Gasteiger charge is 2.33. The Morgan fingerprint density at radius 3 is 2.86 bits per heavy atom. The van der Waals surface area contributed by atoms with Crippen LogP contribution >= 0.6 is 15.9 Å². The van der Waals surface area contributed by atoms with Crippen LogP contribution in [0.25, 0.3) is 0 Å². The van der Waals surface area contributed by atoms with Crippen molar-refractivity contribution in [2.45, 2.75) is 12.5 Å². The van der Waals surface area contributed by atoms with E-state index in [4.69, 9.17) is 5.73 Å². The topological polar surface area (TPSA) is 65.2 Å². The predicted octanol–water partition coefficient (Wildman–Crippen LogP) is 1.19. The fraction of sp³-hybridized carbons (Fsp3) is 0.333. The second kappa shape index (κ2) is 4.06. The lowest BCUT2D eigenvalue weighted by atomic mass is 9.99. The zero-order chi connectivity index (χ0) is 10.8. The van der Waals surface area contributed by atoms with Gasteiger partial charge in [-0.25, -0.2) is 4.79 Å². The second-order valence-electron chi connectivity index (χ2n) is 3.05. The molecular formula is C9H11BrN2O2. The molecule has 1 rings (SSSR count). The van der Waals surface area contributed by atoms with Crippen LogP contribution in [-0.2, 0) is 15.1 Å². The molecule has 1 aromatic rings. The predicted molar refractivity (Wildman–Crippen MR) is 55.5 cm³/mol. The van der Waals surface area contributed by atoms with E-state index in [-0.39, 0.29) is 0 Å². The van der Waals surface area contributed by atoms with Gasteiger partial charge in [-0.3, -0.25) is 4.98 Å². The van der Waals surface area contributed by atoms with Crippen LogP contribution in [0, 0.1) is 0 Å². The summed E-state index contributed by atoms with van der Waals surface area (Å²) in [6, 6.07) is 3.45. The normalized spacial score (nSPS) is 14.6. The fourth-order valence-electron chi connectivity index (χ4n) is 1.01. The summed E-state index contributed by atoms with van der Waals surface area (Å²) in [5.74, 6) is -0.511. The van der Waals surface area contributed by atoms with E-state index in [2.05, 4.69) is 25.7 Å². The number of hydrogen-bond donors (Lipinski definition) is 1. The molecule has 0 aromatic carbocycles. The van der Waals surface area contributed by atoms with Gasteiger partial charge in [-0.1, -0.05) is 15.9 Å². The van der Waals surface area contributed by atoms with Crippen molar-refractivity contribution in [1.82, 2.24) is 4.98 Å². The molecule has 0 saturated carbocycles. The van der Waals surface area contributed by atoms with Gasteiger partial charge in [0.15, 0.2) is 5.54 Å². The van der Waals surface area contributed by atoms with E-state index in [9.17, 15) is 4.79 Å². The molecule has 1 unspecified atom stereocenters. The molecule has 0 aliphatic carbocycles. The lowest BCUT2D eigenvalue weighted by molar-refractivity contribution is -0.146. The van der Waals surface area contributed by atoms with Crippen molar-refractivity contribution in [3.05, 3.63) is 28.5 Å². The standard InChI is InChI=1S/C9H11BrN2O2/c1-9(11,8(13)14-2)7-5-6(10)3-4-12-7/h3-5H,11H2,1-2H3. The molecule has 4 nitrogen and oxygen atoms in total. The molecule has 0 aliphatic rings. The number of carbonyl (C=O) groups excluding carboxylic acids is 1. The second-order valence-corrected chi connectivity index (χ2v) is 3.97. The molecule has 2 N–H and O–H groups in total. The lowest BCUT2D eigenvalue weighted by Gasteiger charge is -2.20. The van der Waals surface area contributed by atoms with Gasteiger partial charge in [0.1, 0.15) is 0 Å². The summed E-state index contributed by atoms with van der Waals surface area (Å²) in [5.41, 5.74) is 5.06. The van der Waals surface area contributed by atoms with Gasteiger partial charge in [0, 0.05) is 10.7 Å². The molecule has 1 atom stereocenters. The van der Waals surface area contributed by atoms with E-state index in [1.54, 1.807) is 25.3 Å². The van der Waals surface area contributed by atoms with Gasteiger partial charge in [-0.15, -0.1) is 0 Å². The zero-order valence-electron chi connectivity index (χ0n) is 7.95. The van der Waals surface area contributed by atoms with Crippen molar-refractivity contribution in [2.24, 2.45) is 5.73 Å². The Morgan fingerprint density at radius 1 is 1.71 bits per heavy atom. The van der Waals surface area contributed by atoms with Crippen molar-refractivity contribution in [1.29, 1.82) is 0 Å². The number of esters is 1. The third-order valence-corrected chi connectivity index (χ3v) is 2.36. The first-order chi connectivity index (χ1) is 6.48. The van der Waals surface area contributed by atoms with Crippen LogP contribution < -0.4 is 5.73 Å². The number of nitrogens with two attached hydrogens (primary N) is 1. The number of carbonyl (C=O) groups is 1. The fourth-order valence-corrected chi connectivity index (χ4v) is 1.34. The summed E-state index contributed by atoms with van der Waals surface area (Å²) >= 11 is 3.28. The molecule has 0 aliphatic heterocycles. The molecule has 14 heavy (non-hydrogen) atoms. The number of nitrogens with zero attached hydrogens (tertiary/aromatic N) is 1. The van der Waals surface area contributed by atoms with E-state index in [1.807, 2.05) is 0 Å². The minimum atomic E-state index is -1.21. The molecule has 5 heteroatoms. The van der Waals surface area contributed by atoms with Gasteiger partial charge >= 0.3 is 5.97 Å². The molecule has 0 spiro atoms. The van der Waals surface area contributed by atoms with Crippen LogP contribution in [0.5, 0.6) is 0 Å². The first-order valence-electron chi connectivity index (χ1n) is 3.98. The molecule has 1 heterocycles. The van der Waals surface area contributed by atoms with Gasteiger partial charge in [0.25, 0.3) is 0 Å². The average Bonchev–Trinajstić information content (AvgIpc) is 2.16. The number of pyridine rings is 1. The van der Waals surface area contributed by atoms with Crippen LogP contribution in [0.2, 0.25) is 0 Å². The maximum atomic E-state index is 11.3. The van der Waals surface area contributed by atoms with Gasteiger partial charge in [-0.2, -0.15) is 0 Å². The van der Waals surface area contributed by atoms with E-state index >= 15 is 0 Å². The smallest absolute Gasteiger partial charge is 0.331 e. The maximum Gasteiger partial charge on any atom is 0.331 e. The number of methoxy groups -OCH3 is 1. The Morgan fingerprint density at radius 2 is 2.36 bits per heavy atom. The summed E-state index contributed by atoms with van der Waals surface area (Å²) < 4.78 is 5.41. The monoisotopic (exact) mass is 258 g/mol. The van der Waals surface area contributed by atoms with Crippen LogP contribution in [-0.4, -0.2) is 18.1 Å². The molecule has 1 aromatic heterocycles. The van der Waals surface area contributed by atoms with E-state index < -0.39 is 11.5 Å². The Hall–Kier alpha value is -0.940. The number of aromatic nitrogens is 1. The molecule has 0 fully saturated rings. The minimum Gasteiger partial charge on any atom is -0.467 e.